The quantitative estimate of drug-likeness (QED) is 0.792. The predicted molar refractivity (Wildman–Crippen MR) is 89.2 cm³/mol. The van der Waals surface area contributed by atoms with Gasteiger partial charge >= 0.3 is 5.97 Å². The van der Waals surface area contributed by atoms with Crippen LogP contribution < -0.4 is 0 Å². The number of rotatable bonds is 4. The lowest BCUT2D eigenvalue weighted by Crippen LogP contribution is -2.60. The van der Waals surface area contributed by atoms with E-state index >= 15 is 0 Å². The molecule has 0 spiro atoms. The van der Waals surface area contributed by atoms with Crippen molar-refractivity contribution in [3.8, 4) is 0 Å². The largest absolute Gasteiger partial charge is 0.469 e. The maximum atomic E-state index is 13.3. The van der Waals surface area contributed by atoms with Crippen LogP contribution in [0.2, 0.25) is 0 Å². The molecule has 130 valence electrons. The van der Waals surface area contributed by atoms with E-state index in [9.17, 15) is 9.18 Å². The van der Waals surface area contributed by atoms with Gasteiger partial charge in [0.05, 0.1) is 13.5 Å². The number of carbonyl (C=O) groups excluding carboxylic acids is 1. The van der Waals surface area contributed by atoms with Crippen LogP contribution in [0.3, 0.4) is 0 Å². The summed E-state index contributed by atoms with van der Waals surface area (Å²) in [4.78, 5) is 16.7. The molecule has 24 heavy (non-hydrogen) atoms. The molecule has 4 fully saturated rings. The number of fused-ring (bicyclic) bond motifs is 2. The fraction of sp³-hybridized carbons (Fsp3) is 0.632. The van der Waals surface area contributed by atoms with Gasteiger partial charge in [0.25, 0.3) is 0 Å². The van der Waals surface area contributed by atoms with E-state index in [1.165, 1.54) is 38.6 Å². The lowest BCUT2D eigenvalue weighted by Gasteiger charge is -2.51. The Morgan fingerprint density at radius 2 is 1.92 bits per heavy atom. The first kappa shape index (κ1) is 16.0. The van der Waals surface area contributed by atoms with Gasteiger partial charge < -0.3 is 4.74 Å². The van der Waals surface area contributed by atoms with Crippen LogP contribution in [0.5, 0.6) is 0 Å². The highest BCUT2D eigenvalue weighted by molar-refractivity contribution is 5.69. The fourth-order valence-electron chi connectivity index (χ4n) is 5.13. The van der Waals surface area contributed by atoms with Crippen LogP contribution in [0.1, 0.15) is 30.7 Å². The van der Waals surface area contributed by atoms with Crippen LogP contribution in [0.15, 0.2) is 24.3 Å². The molecular formula is C19H25FN2O2. The van der Waals surface area contributed by atoms with E-state index in [2.05, 4.69) is 9.80 Å². The molecule has 0 aliphatic carbocycles. The monoisotopic (exact) mass is 332 g/mol. The Kier molecular flexibility index (Phi) is 4.31. The van der Waals surface area contributed by atoms with E-state index in [0.717, 1.165) is 19.0 Å². The molecule has 4 aliphatic rings. The van der Waals surface area contributed by atoms with Crippen molar-refractivity contribution in [3.63, 3.8) is 0 Å². The van der Waals surface area contributed by atoms with E-state index in [4.69, 9.17) is 4.74 Å². The summed E-state index contributed by atoms with van der Waals surface area (Å²) in [7, 11) is 1.45. The van der Waals surface area contributed by atoms with Crippen molar-refractivity contribution in [1.29, 1.82) is 0 Å². The zero-order valence-electron chi connectivity index (χ0n) is 14.2. The summed E-state index contributed by atoms with van der Waals surface area (Å²) in [5.41, 5.74) is 1.22. The number of hydrogen-bond acceptors (Lipinski definition) is 4. The number of piperidine rings is 3. The van der Waals surface area contributed by atoms with E-state index in [1.54, 1.807) is 12.1 Å². The van der Waals surface area contributed by atoms with Crippen LogP contribution in [0.25, 0.3) is 0 Å². The Hall–Kier alpha value is -1.46. The molecule has 0 amide bonds. The number of benzene rings is 1. The van der Waals surface area contributed by atoms with E-state index in [0.29, 0.717) is 24.4 Å². The van der Waals surface area contributed by atoms with Crippen molar-refractivity contribution >= 4 is 5.97 Å². The van der Waals surface area contributed by atoms with Gasteiger partial charge in [0.15, 0.2) is 0 Å². The number of nitrogens with zero attached hydrogens (tertiary/aromatic N) is 2. The lowest BCUT2D eigenvalue weighted by molar-refractivity contribution is -0.141. The highest BCUT2D eigenvalue weighted by Crippen LogP contribution is 2.46. The van der Waals surface area contributed by atoms with Gasteiger partial charge in [0.2, 0.25) is 0 Å². The van der Waals surface area contributed by atoms with Crippen molar-refractivity contribution in [2.24, 2.45) is 5.92 Å². The summed E-state index contributed by atoms with van der Waals surface area (Å²) < 4.78 is 18.1. The standard InChI is InChI=1S/C19H25FN2O2/c1-24-17(23)8-11-22-12-16(13-2-4-15(20)5-3-13)19-18(22)14-6-9-21(19)10-7-14/h2-5,14,16,18-19H,6-12H2,1H3/t16-,18+,19+/m0/s1. The lowest BCUT2D eigenvalue weighted by atomic mass is 9.75. The van der Waals surface area contributed by atoms with Crippen LogP contribution in [-0.2, 0) is 9.53 Å². The second kappa shape index (κ2) is 6.45. The summed E-state index contributed by atoms with van der Waals surface area (Å²) in [5, 5.41) is 0. The number of likely N-dealkylation sites (tertiary alicyclic amines) is 1. The SMILES string of the molecule is COC(=O)CCN1C[C@@H](c2ccc(F)cc2)[C@@H]2[C@H]1C1CCN2CC1. The molecule has 2 bridgehead atoms. The summed E-state index contributed by atoms with van der Waals surface area (Å²) in [6.07, 6.45) is 2.96. The second-order valence-electron chi connectivity index (χ2n) is 7.33. The molecule has 4 saturated heterocycles. The van der Waals surface area contributed by atoms with Gasteiger partial charge in [-0.25, -0.2) is 4.39 Å². The normalized spacial score (nSPS) is 35.0. The minimum atomic E-state index is -0.179. The highest BCUT2D eigenvalue weighted by Gasteiger charge is 2.53. The molecular weight excluding hydrogens is 307 g/mol. The van der Waals surface area contributed by atoms with Gasteiger partial charge in [-0.3, -0.25) is 14.6 Å². The average molecular weight is 332 g/mol. The Bertz CT molecular complexity index is 598. The summed E-state index contributed by atoms with van der Waals surface area (Å²) in [6, 6.07) is 8.03. The molecule has 1 aromatic carbocycles. The van der Waals surface area contributed by atoms with Gasteiger partial charge in [-0.15, -0.1) is 0 Å². The Labute approximate surface area is 142 Å². The average Bonchev–Trinajstić information content (AvgIpc) is 3.03. The molecule has 3 atom stereocenters. The smallest absolute Gasteiger partial charge is 0.306 e. The maximum Gasteiger partial charge on any atom is 0.306 e. The zero-order chi connectivity index (χ0) is 16.7. The first-order valence-corrected chi connectivity index (χ1v) is 8.98. The Balaban J connectivity index is 1.58. The number of halogens is 1. The number of carbonyl (C=O) groups is 1. The Morgan fingerprint density at radius 1 is 1.21 bits per heavy atom. The first-order chi connectivity index (χ1) is 11.7. The van der Waals surface area contributed by atoms with Crippen LogP contribution >= 0.6 is 0 Å². The molecule has 0 unspecified atom stereocenters. The van der Waals surface area contributed by atoms with Crippen molar-refractivity contribution in [2.75, 3.05) is 33.3 Å². The second-order valence-corrected chi connectivity index (χ2v) is 7.33. The minimum absolute atomic E-state index is 0.141. The van der Waals surface area contributed by atoms with Gasteiger partial charge in [-0.1, -0.05) is 12.1 Å². The van der Waals surface area contributed by atoms with Gasteiger partial charge in [-0.2, -0.15) is 0 Å². The maximum absolute atomic E-state index is 13.3. The summed E-state index contributed by atoms with van der Waals surface area (Å²) in [6.45, 7) is 4.06. The Morgan fingerprint density at radius 3 is 2.58 bits per heavy atom. The molecule has 4 aliphatic heterocycles. The van der Waals surface area contributed by atoms with Gasteiger partial charge in [0.1, 0.15) is 5.82 Å². The molecule has 0 N–H and O–H groups in total. The van der Waals surface area contributed by atoms with E-state index in [1.807, 2.05) is 12.1 Å². The molecule has 5 rings (SSSR count). The van der Waals surface area contributed by atoms with Crippen molar-refractivity contribution in [2.45, 2.75) is 37.3 Å². The molecule has 1 aromatic rings. The van der Waals surface area contributed by atoms with Crippen LogP contribution in [-0.4, -0.2) is 61.1 Å². The number of hydrogen-bond donors (Lipinski definition) is 0. The first-order valence-electron chi connectivity index (χ1n) is 8.98. The van der Waals surface area contributed by atoms with Crippen LogP contribution in [0.4, 0.5) is 4.39 Å². The molecule has 4 nitrogen and oxygen atoms in total. The molecule has 4 heterocycles. The zero-order valence-corrected chi connectivity index (χ0v) is 14.2. The third-order valence-electron chi connectivity index (χ3n) is 6.22. The third kappa shape index (κ3) is 2.74. The van der Waals surface area contributed by atoms with E-state index < -0.39 is 0 Å². The summed E-state index contributed by atoms with van der Waals surface area (Å²) >= 11 is 0. The molecule has 5 heteroatoms. The van der Waals surface area contributed by atoms with Crippen molar-refractivity contribution < 1.29 is 13.9 Å². The van der Waals surface area contributed by atoms with Gasteiger partial charge in [0, 0.05) is 31.1 Å². The highest BCUT2D eigenvalue weighted by atomic mass is 19.1. The number of ether oxygens (including phenoxy) is 1. The van der Waals surface area contributed by atoms with Crippen molar-refractivity contribution in [1.82, 2.24) is 9.80 Å². The molecule has 0 radical (unpaired) electrons. The topological polar surface area (TPSA) is 32.8 Å². The van der Waals surface area contributed by atoms with Gasteiger partial charge in [-0.05, 0) is 49.5 Å². The third-order valence-corrected chi connectivity index (χ3v) is 6.22. The number of methoxy groups -OCH3 is 1. The minimum Gasteiger partial charge on any atom is -0.469 e. The predicted octanol–water partition coefficient (Wildman–Crippen LogP) is 2.25. The van der Waals surface area contributed by atoms with E-state index in [-0.39, 0.29) is 11.8 Å². The molecule has 0 saturated carbocycles. The molecule has 0 aromatic heterocycles. The van der Waals surface area contributed by atoms with Crippen LogP contribution in [0, 0.1) is 11.7 Å². The summed E-state index contributed by atoms with van der Waals surface area (Å²) in [5.74, 6) is 0.804. The van der Waals surface area contributed by atoms with Crippen molar-refractivity contribution in [3.05, 3.63) is 35.6 Å². The number of esters is 1. The fourth-order valence-corrected chi connectivity index (χ4v) is 5.13.